The molecule has 0 fully saturated rings. The van der Waals surface area contributed by atoms with Gasteiger partial charge in [-0.25, -0.2) is 8.42 Å². The Morgan fingerprint density at radius 2 is 1.68 bits per heavy atom. The van der Waals surface area contributed by atoms with Crippen LogP contribution in [0.3, 0.4) is 0 Å². The molecule has 0 saturated carbocycles. The van der Waals surface area contributed by atoms with Crippen molar-refractivity contribution in [3.05, 3.63) is 71.1 Å². The molecule has 0 aliphatic carbocycles. The van der Waals surface area contributed by atoms with Gasteiger partial charge in [-0.2, -0.15) is 4.31 Å². The summed E-state index contributed by atoms with van der Waals surface area (Å²) in [6, 6.07) is 17.3. The lowest BCUT2D eigenvalue weighted by Crippen LogP contribution is -2.24. The van der Waals surface area contributed by atoms with Crippen molar-refractivity contribution in [1.82, 2.24) is 4.31 Å². The molecule has 3 nitrogen and oxygen atoms in total. The first kappa shape index (κ1) is 16.8. The molecule has 0 spiro atoms. The van der Waals surface area contributed by atoms with Gasteiger partial charge in [0.25, 0.3) is 0 Å². The molecule has 0 aliphatic rings. The quantitative estimate of drug-likeness (QED) is 0.754. The molecular formula is C17H19NO2S2. The molecular weight excluding hydrogens is 314 g/mol. The number of hydrogen-bond acceptors (Lipinski definition) is 3. The molecule has 2 aromatic carbocycles. The molecule has 2 rings (SSSR count). The van der Waals surface area contributed by atoms with Crippen LogP contribution >= 0.6 is 11.8 Å². The van der Waals surface area contributed by atoms with Crippen molar-refractivity contribution in [2.24, 2.45) is 0 Å². The molecule has 5 heteroatoms. The topological polar surface area (TPSA) is 37.4 Å². The van der Waals surface area contributed by atoms with Crippen molar-refractivity contribution >= 4 is 27.9 Å². The van der Waals surface area contributed by atoms with Gasteiger partial charge in [-0.15, -0.1) is 11.8 Å². The normalized spacial score (nSPS) is 12.1. The van der Waals surface area contributed by atoms with E-state index in [1.807, 2.05) is 60.9 Å². The number of sulfonamides is 1. The van der Waals surface area contributed by atoms with E-state index in [4.69, 9.17) is 0 Å². The molecule has 2 aromatic rings. The van der Waals surface area contributed by atoms with Gasteiger partial charge in [-0.05, 0) is 35.6 Å². The van der Waals surface area contributed by atoms with Gasteiger partial charge in [0.1, 0.15) is 0 Å². The Morgan fingerprint density at radius 1 is 1.05 bits per heavy atom. The largest absolute Gasteiger partial charge is 0.236 e. The number of thioether (sulfide) groups is 1. The maximum Gasteiger partial charge on any atom is 0.236 e. The van der Waals surface area contributed by atoms with Crippen molar-refractivity contribution in [2.75, 3.05) is 13.3 Å². The van der Waals surface area contributed by atoms with Crippen LogP contribution in [-0.4, -0.2) is 26.0 Å². The third-order valence-electron chi connectivity index (χ3n) is 3.23. The first-order valence-electron chi connectivity index (χ1n) is 6.84. The van der Waals surface area contributed by atoms with Gasteiger partial charge in [0, 0.05) is 23.9 Å². The van der Waals surface area contributed by atoms with Crippen LogP contribution in [0.15, 0.2) is 64.9 Å². The number of rotatable bonds is 6. The molecule has 22 heavy (non-hydrogen) atoms. The minimum atomic E-state index is -3.42. The van der Waals surface area contributed by atoms with Crippen molar-refractivity contribution in [3.63, 3.8) is 0 Å². The maximum absolute atomic E-state index is 12.3. The molecule has 0 N–H and O–H groups in total. The van der Waals surface area contributed by atoms with Crippen molar-refractivity contribution in [3.8, 4) is 0 Å². The average molecular weight is 333 g/mol. The van der Waals surface area contributed by atoms with E-state index in [1.54, 1.807) is 24.9 Å². The first-order chi connectivity index (χ1) is 10.5. The van der Waals surface area contributed by atoms with Crippen LogP contribution in [0.2, 0.25) is 0 Å². The summed E-state index contributed by atoms with van der Waals surface area (Å²) < 4.78 is 25.9. The van der Waals surface area contributed by atoms with Crippen LogP contribution in [0.5, 0.6) is 0 Å². The second-order valence-corrected chi connectivity index (χ2v) is 7.67. The standard InChI is InChI=1S/C17H19NO2S2/c1-18(14-16-8-10-17(21-2)11-9-16)22(19,20)13-12-15-6-4-3-5-7-15/h3-13H,14H2,1-2H3/b13-12+. The minimum absolute atomic E-state index is 0.357. The van der Waals surface area contributed by atoms with Gasteiger partial charge in [0.05, 0.1) is 0 Å². The second kappa shape index (κ2) is 7.63. The SMILES string of the molecule is CSc1ccc(CN(C)S(=O)(=O)/C=C/c2ccccc2)cc1. The highest BCUT2D eigenvalue weighted by Crippen LogP contribution is 2.17. The lowest BCUT2D eigenvalue weighted by atomic mass is 10.2. The summed E-state index contributed by atoms with van der Waals surface area (Å²) >= 11 is 1.66. The molecule has 0 aromatic heterocycles. The Hall–Kier alpha value is -1.56. The van der Waals surface area contributed by atoms with Gasteiger partial charge in [0.15, 0.2) is 0 Å². The zero-order valence-corrected chi connectivity index (χ0v) is 14.3. The van der Waals surface area contributed by atoms with E-state index in [0.717, 1.165) is 11.1 Å². The zero-order valence-electron chi connectivity index (χ0n) is 12.6. The molecule has 0 unspecified atom stereocenters. The van der Waals surface area contributed by atoms with E-state index in [9.17, 15) is 8.42 Å². The predicted octanol–water partition coefficient (Wildman–Crippen LogP) is 3.84. The Kier molecular flexibility index (Phi) is 5.83. The summed E-state index contributed by atoms with van der Waals surface area (Å²) in [6.45, 7) is 0.357. The Labute approximate surface area is 136 Å². The fraction of sp³-hybridized carbons (Fsp3) is 0.176. The summed E-state index contributed by atoms with van der Waals surface area (Å²) in [5, 5.41) is 1.25. The maximum atomic E-state index is 12.3. The first-order valence-corrected chi connectivity index (χ1v) is 9.56. The van der Waals surface area contributed by atoms with E-state index < -0.39 is 10.0 Å². The zero-order chi connectivity index (χ0) is 16.0. The van der Waals surface area contributed by atoms with Crippen molar-refractivity contribution in [1.29, 1.82) is 0 Å². The van der Waals surface area contributed by atoms with E-state index in [2.05, 4.69) is 0 Å². The van der Waals surface area contributed by atoms with Crippen LogP contribution in [0, 0.1) is 0 Å². The second-order valence-electron chi connectivity index (χ2n) is 4.86. The smallest absolute Gasteiger partial charge is 0.208 e. The van der Waals surface area contributed by atoms with Crippen LogP contribution in [0.1, 0.15) is 11.1 Å². The fourth-order valence-corrected chi connectivity index (χ4v) is 3.18. The third-order valence-corrected chi connectivity index (χ3v) is 5.45. The summed E-state index contributed by atoms with van der Waals surface area (Å²) in [5.41, 5.74) is 1.83. The molecule has 0 bridgehead atoms. The molecule has 0 amide bonds. The Bertz CT molecular complexity index is 723. The van der Waals surface area contributed by atoms with E-state index >= 15 is 0 Å². The Morgan fingerprint density at radius 3 is 2.27 bits per heavy atom. The molecule has 0 radical (unpaired) electrons. The summed E-state index contributed by atoms with van der Waals surface area (Å²) in [5.74, 6) is 0. The number of nitrogens with zero attached hydrogens (tertiary/aromatic N) is 1. The summed E-state index contributed by atoms with van der Waals surface area (Å²) in [6.07, 6.45) is 3.63. The minimum Gasteiger partial charge on any atom is -0.208 e. The van der Waals surface area contributed by atoms with Crippen LogP contribution in [0.25, 0.3) is 6.08 Å². The van der Waals surface area contributed by atoms with Crippen LogP contribution < -0.4 is 0 Å². The summed E-state index contributed by atoms with van der Waals surface area (Å²) in [4.78, 5) is 1.17. The molecule has 0 aliphatic heterocycles. The average Bonchev–Trinajstić information content (AvgIpc) is 2.54. The number of benzene rings is 2. The molecule has 0 atom stereocenters. The van der Waals surface area contributed by atoms with Crippen molar-refractivity contribution in [2.45, 2.75) is 11.4 Å². The van der Waals surface area contributed by atoms with Gasteiger partial charge in [0.2, 0.25) is 10.0 Å². The highest BCUT2D eigenvalue weighted by Gasteiger charge is 2.14. The summed E-state index contributed by atoms with van der Waals surface area (Å²) in [7, 11) is -1.83. The predicted molar refractivity (Wildman–Crippen MR) is 94.1 cm³/mol. The van der Waals surface area contributed by atoms with E-state index in [1.165, 1.54) is 14.6 Å². The molecule has 0 saturated heterocycles. The lowest BCUT2D eigenvalue weighted by Gasteiger charge is -2.14. The van der Waals surface area contributed by atoms with Gasteiger partial charge < -0.3 is 0 Å². The monoisotopic (exact) mass is 333 g/mol. The third kappa shape index (κ3) is 4.73. The highest BCUT2D eigenvalue weighted by atomic mass is 32.2. The number of hydrogen-bond donors (Lipinski definition) is 0. The lowest BCUT2D eigenvalue weighted by molar-refractivity contribution is 0.475. The van der Waals surface area contributed by atoms with E-state index in [0.29, 0.717) is 6.54 Å². The van der Waals surface area contributed by atoms with Gasteiger partial charge in [-0.3, -0.25) is 0 Å². The van der Waals surface area contributed by atoms with Gasteiger partial charge >= 0.3 is 0 Å². The Balaban J connectivity index is 2.06. The van der Waals surface area contributed by atoms with Crippen LogP contribution in [-0.2, 0) is 16.6 Å². The van der Waals surface area contributed by atoms with Crippen LogP contribution in [0.4, 0.5) is 0 Å². The van der Waals surface area contributed by atoms with Crippen molar-refractivity contribution < 1.29 is 8.42 Å². The fourth-order valence-electron chi connectivity index (χ4n) is 1.91. The van der Waals surface area contributed by atoms with E-state index in [-0.39, 0.29) is 0 Å². The molecule has 116 valence electrons. The highest BCUT2D eigenvalue weighted by molar-refractivity contribution is 7.98. The van der Waals surface area contributed by atoms with Gasteiger partial charge in [-0.1, -0.05) is 42.5 Å². The molecule has 0 heterocycles.